The third-order valence-electron chi connectivity index (χ3n) is 3.77. The smallest absolute Gasteiger partial charge is 0.350 e. The summed E-state index contributed by atoms with van der Waals surface area (Å²) in [6.45, 7) is 2.23. The Morgan fingerprint density at radius 3 is 2.77 bits per heavy atom. The standard InChI is InChI=1S/C18H19N5O3/c1-13(24)20-15-7-4-6-14(12-15)17(25)19-9-5-11-23-18(26)22-10-3-2-8-16(22)21-23/h2-4,6-8,10,12H,5,9,11H2,1H3,(H,19,25)(H,20,24). The molecule has 2 aromatic heterocycles. The van der Waals surface area contributed by atoms with Crippen LogP contribution in [-0.2, 0) is 11.3 Å². The summed E-state index contributed by atoms with van der Waals surface area (Å²) in [7, 11) is 0. The molecular weight excluding hydrogens is 334 g/mol. The van der Waals surface area contributed by atoms with E-state index in [1.807, 2.05) is 6.07 Å². The molecule has 2 heterocycles. The number of anilines is 1. The van der Waals surface area contributed by atoms with Crippen LogP contribution in [0.3, 0.4) is 0 Å². The van der Waals surface area contributed by atoms with Crippen molar-refractivity contribution in [3.63, 3.8) is 0 Å². The molecule has 3 aromatic rings. The Morgan fingerprint density at radius 2 is 2.00 bits per heavy atom. The van der Waals surface area contributed by atoms with Crippen LogP contribution < -0.4 is 16.3 Å². The van der Waals surface area contributed by atoms with Crippen molar-refractivity contribution < 1.29 is 9.59 Å². The number of benzene rings is 1. The van der Waals surface area contributed by atoms with Crippen LogP contribution in [0.2, 0.25) is 0 Å². The van der Waals surface area contributed by atoms with Gasteiger partial charge in [-0.1, -0.05) is 12.1 Å². The van der Waals surface area contributed by atoms with E-state index >= 15 is 0 Å². The molecule has 8 nitrogen and oxygen atoms in total. The SMILES string of the molecule is CC(=O)Nc1cccc(C(=O)NCCCn2nc3ccccn3c2=O)c1. The first-order chi connectivity index (χ1) is 12.5. The summed E-state index contributed by atoms with van der Waals surface area (Å²) in [6.07, 6.45) is 2.24. The van der Waals surface area contributed by atoms with E-state index in [0.29, 0.717) is 36.4 Å². The van der Waals surface area contributed by atoms with Crippen LogP contribution in [0.1, 0.15) is 23.7 Å². The molecule has 2 amide bonds. The van der Waals surface area contributed by atoms with Crippen LogP contribution in [-0.4, -0.2) is 32.5 Å². The Kier molecular flexibility index (Phi) is 5.12. The predicted molar refractivity (Wildman–Crippen MR) is 97.1 cm³/mol. The molecule has 0 spiro atoms. The quantitative estimate of drug-likeness (QED) is 0.652. The maximum atomic E-state index is 12.2. The van der Waals surface area contributed by atoms with Gasteiger partial charge in [0.2, 0.25) is 5.91 Å². The van der Waals surface area contributed by atoms with Crippen molar-refractivity contribution in [3.05, 3.63) is 64.7 Å². The zero-order valence-electron chi connectivity index (χ0n) is 14.3. The highest BCUT2D eigenvalue weighted by Crippen LogP contribution is 2.10. The average Bonchev–Trinajstić information content (AvgIpc) is 2.94. The fourth-order valence-corrected chi connectivity index (χ4v) is 2.59. The summed E-state index contributed by atoms with van der Waals surface area (Å²) in [4.78, 5) is 35.4. The fourth-order valence-electron chi connectivity index (χ4n) is 2.59. The van der Waals surface area contributed by atoms with Crippen LogP contribution in [0.5, 0.6) is 0 Å². The van der Waals surface area contributed by atoms with Gasteiger partial charge in [-0.25, -0.2) is 9.48 Å². The van der Waals surface area contributed by atoms with Gasteiger partial charge in [0.1, 0.15) is 0 Å². The molecule has 0 aliphatic heterocycles. The predicted octanol–water partition coefficient (Wildman–Crippen LogP) is 1.27. The minimum Gasteiger partial charge on any atom is -0.352 e. The second-order valence-electron chi connectivity index (χ2n) is 5.81. The minimum atomic E-state index is -0.237. The van der Waals surface area contributed by atoms with Crippen LogP contribution in [0.25, 0.3) is 5.65 Å². The third-order valence-corrected chi connectivity index (χ3v) is 3.77. The van der Waals surface area contributed by atoms with E-state index in [1.54, 1.807) is 42.6 Å². The number of nitrogens with zero attached hydrogens (tertiary/aromatic N) is 3. The number of pyridine rings is 1. The first kappa shape index (κ1) is 17.4. The highest BCUT2D eigenvalue weighted by Gasteiger charge is 2.08. The Bertz CT molecular complexity index is 1010. The summed E-state index contributed by atoms with van der Waals surface area (Å²) in [5, 5.41) is 9.68. The summed E-state index contributed by atoms with van der Waals surface area (Å²) in [5.74, 6) is -0.431. The van der Waals surface area contributed by atoms with Crippen molar-refractivity contribution in [1.82, 2.24) is 19.5 Å². The normalized spacial score (nSPS) is 10.7. The molecule has 0 bridgehead atoms. The van der Waals surface area contributed by atoms with Gasteiger partial charge < -0.3 is 10.6 Å². The Hall–Kier alpha value is -3.42. The molecule has 0 saturated heterocycles. The monoisotopic (exact) mass is 353 g/mol. The zero-order valence-corrected chi connectivity index (χ0v) is 14.3. The van der Waals surface area contributed by atoms with Gasteiger partial charge in [0.25, 0.3) is 5.91 Å². The van der Waals surface area contributed by atoms with E-state index < -0.39 is 0 Å². The zero-order chi connectivity index (χ0) is 18.5. The molecule has 0 aliphatic rings. The number of rotatable bonds is 6. The number of carbonyl (C=O) groups is 2. The van der Waals surface area contributed by atoms with Gasteiger partial charge in [-0.05, 0) is 36.8 Å². The van der Waals surface area contributed by atoms with Crippen molar-refractivity contribution >= 4 is 23.1 Å². The van der Waals surface area contributed by atoms with E-state index in [0.717, 1.165) is 0 Å². The number of hydrogen-bond donors (Lipinski definition) is 2. The highest BCUT2D eigenvalue weighted by atomic mass is 16.2. The number of amides is 2. The van der Waals surface area contributed by atoms with Gasteiger partial charge in [-0.2, -0.15) is 0 Å². The fraction of sp³-hybridized carbons (Fsp3) is 0.222. The largest absolute Gasteiger partial charge is 0.352 e. The van der Waals surface area contributed by atoms with E-state index in [1.165, 1.54) is 16.0 Å². The van der Waals surface area contributed by atoms with Gasteiger partial charge in [-0.15, -0.1) is 5.10 Å². The maximum absolute atomic E-state index is 12.2. The van der Waals surface area contributed by atoms with E-state index in [4.69, 9.17) is 0 Å². The second kappa shape index (κ2) is 7.64. The van der Waals surface area contributed by atoms with Crippen LogP contribution >= 0.6 is 0 Å². The molecule has 3 rings (SSSR count). The Morgan fingerprint density at radius 1 is 1.15 bits per heavy atom. The molecule has 0 aliphatic carbocycles. The number of nitrogens with one attached hydrogen (secondary N) is 2. The van der Waals surface area contributed by atoms with E-state index in [9.17, 15) is 14.4 Å². The minimum absolute atomic E-state index is 0.194. The van der Waals surface area contributed by atoms with Crippen LogP contribution in [0, 0.1) is 0 Å². The molecule has 2 N–H and O–H groups in total. The molecule has 0 unspecified atom stereocenters. The summed E-state index contributed by atoms with van der Waals surface area (Å²) < 4.78 is 2.87. The van der Waals surface area contributed by atoms with Crippen molar-refractivity contribution in [1.29, 1.82) is 0 Å². The van der Waals surface area contributed by atoms with Crippen LogP contribution in [0.4, 0.5) is 5.69 Å². The van der Waals surface area contributed by atoms with Crippen molar-refractivity contribution in [2.75, 3.05) is 11.9 Å². The molecular formula is C18H19N5O3. The van der Waals surface area contributed by atoms with Gasteiger partial charge >= 0.3 is 5.69 Å². The molecule has 8 heteroatoms. The first-order valence-corrected chi connectivity index (χ1v) is 8.24. The topological polar surface area (TPSA) is 97.5 Å². The average molecular weight is 353 g/mol. The molecule has 0 saturated carbocycles. The van der Waals surface area contributed by atoms with Crippen molar-refractivity contribution in [2.45, 2.75) is 19.9 Å². The highest BCUT2D eigenvalue weighted by molar-refractivity contribution is 5.96. The third kappa shape index (κ3) is 3.97. The Balaban J connectivity index is 1.54. The molecule has 0 atom stereocenters. The van der Waals surface area contributed by atoms with Gasteiger partial charge in [-0.3, -0.25) is 14.0 Å². The summed E-state index contributed by atoms with van der Waals surface area (Å²) in [6, 6.07) is 12.1. The summed E-state index contributed by atoms with van der Waals surface area (Å²) >= 11 is 0. The lowest BCUT2D eigenvalue weighted by molar-refractivity contribution is -0.114. The van der Waals surface area contributed by atoms with Crippen molar-refractivity contribution in [2.24, 2.45) is 0 Å². The molecule has 0 radical (unpaired) electrons. The molecule has 1 aromatic carbocycles. The lowest BCUT2D eigenvalue weighted by atomic mass is 10.2. The van der Waals surface area contributed by atoms with Gasteiger partial charge in [0.15, 0.2) is 5.65 Å². The number of carbonyl (C=O) groups excluding carboxylic acids is 2. The first-order valence-electron chi connectivity index (χ1n) is 8.24. The number of aromatic nitrogens is 3. The number of fused-ring (bicyclic) bond motifs is 1. The van der Waals surface area contributed by atoms with Crippen molar-refractivity contribution in [3.8, 4) is 0 Å². The van der Waals surface area contributed by atoms with Gasteiger partial charge in [0.05, 0.1) is 0 Å². The lowest BCUT2D eigenvalue weighted by Crippen LogP contribution is -2.27. The summed E-state index contributed by atoms with van der Waals surface area (Å²) in [5.41, 5.74) is 1.42. The number of hydrogen-bond acceptors (Lipinski definition) is 4. The Labute approximate surface area is 149 Å². The molecule has 26 heavy (non-hydrogen) atoms. The van der Waals surface area contributed by atoms with E-state index in [-0.39, 0.29) is 17.5 Å². The molecule has 134 valence electrons. The lowest BCUT2D eigenvalue weighted by Gasteiger charge is -2.07. The van der Waals surface area contributed by atoms with E-state index in [2.05, 4.69) is 15.7 Å². The van der Waals surface area contributed by atoms with Crippen LogP contribution in [0.15, 0.2) is 53.5 Å². The van der Waals surface area contributed by atoms with Gasteiger partial charge in [0, 0.05) is 37.5 Å². The maximum Gasteiger partial charge on any atom is 0.350 e. The molecule has 0 fully saturated rings. The second-order valence-corrected chi connectivity index (χ2v) is 5.81. The number of aryl methyl sites for hydroxylation is 1.